The molecular weight excluding hydrogens is 196 g/mol. The van der Waals surface area contributed by atoms with E-state index < -0.39 is 9.84 Å². The number of rotatable bonds is 1. The molecule has 3 heteroatoms. The third-order valence-corrected chi connectivity index (χ3v) is 5.98. The highest BCUT2D eigenvalue weighted by atomic mass is 32.2. The van der Waals surface area contributed by atoms with E-state index in [1.807, 2.05) is 6.08 Å². The lowest BCUT2D eigenvalue weighted by atomic mass is 9.94. The molecule has 2 aliphatic rings. The largest absolute Gasteiger partial charge is 0.228 e. The monoisotopic (exact) mass is 212 g/mol. The van der Waals surface area contributed by atoms with Gasteiger partial charge in [-0.25, -0.2) is 8.42 Å². The van der Waals surface area contributed by atoms with Gasteiger partial charge in [-0.2, -0.15) is 0 Å². The number of hydrogen-bond donors (Lipinski definition) is 0. The number of allylic oxidation sites excluding steroid dienone is 3. The second kappa shape index (κ2) is 3.54. The average Bonchev–Trinajstić information content (AvgIpc) is 2.06. The van der Waals surface area contributed by atoms with Crippen LogP contribution in [0.3, 0.4) is 0 Å². The van der Waals surface area contributed by atoms with Gasteiger partial charge in [-0.15, -0.1) is 0 Å². The first-order chi connectivity index (χ1) is 6.64. The molecule has 0 spiro atoms. The molecule has 2 fully saturated rings. The Labute approximate surface area is 85.6 Å². The molecule has 0 aliphatic carbocycles. The van der Waals surface area contributed by atoms with Crippen molar-refractivity contribution in [3.05, 3.63) is 24.3 Å². The highest BCUT2D eigenvalue weighted by molar-refractivity contribution is 7.92. The zero-order valence-electron chi connectivity index (χ0n) is 8.28. The minimum absolute atomic E-state index is 0.0961. The summed E-state index contributed by atoms with van der Waals surface area (Å²) in [7, 11) is -2.79. The van der Waals surface area contributed by atoms with Gasteiger partial charge >= 0.3 is 0 Å². The van der Waals surface area contributed by atoms with E-state index >= 15 is 0 Å². The molecule has 0 aromatic carbocycles. The summed E-state index contributed by atoms with van der Waals surface area (Å²) in [6.45, 7) is 3.66. The van der Waals surface area contributed by atoms with Crippen molar-refractivity contribution in [3.63, 3.8) is 0 Å². The predicted molar refractivity (Wildman–Crippen MR) is 57.9 cm³/mol. The second-order valence-corrected chi connectivity index (χ2v) is 6.74. The van der Waals surface area contributed by atoms with Crippen LogP contribution in [0.2, 0.25) is 0 Å². The van der Waals surface area contributed by atoms with Crippen molar-refractivity contribution in [2.24, 2.45) is 0 Å². The first-order valence-corrected chi connectivity index (χ1v) is 6.78. The van der Waals surface area contributed by atoms with E-state index in [2.05, 4.69) is 6.58 Å². The Morgan fingerprint density at radius 3 is 2.29 bits per heavy atom. The number of hydrogen-bond acceptors (Lipinski definition) is 2. The topological polar surface area (TPSA) is 34.1 Å². The summed E-state index contributed by atoms with van der Waals surface area (Å²) in [6.07, 6.45) is 8.02. The molecule has 2 saturated heterocycles. The third-order valence-electron chi connectivity index (χ3n) is 3.31. The first kappa shape index (κ1) is 9.97. The summed E-state index contributed by atoms with van der Waals surface area (Å²) in [5.41, 5.74) is 1.27. The van der Waals surface area contributed by atoms with Crippen molar-refractivity contribution < 1.29 is 8.42 Å². The standard InChI is InChI=1S/C11H16O2S/c1-2-4-9-7-10-5-3-6-11(8-9)14(10,12)13/h2,4,10-11H,1,3,5-8H2. The van der Waals surface area contributed by atoms with Gasteiger partial charge in [0, 0.05) is 0 Å². The van der Waals surface area contributed by atoms with Crippen LogP contribution in [-0.4, -0.2) is 18.9 Å². The fraction of sp³-hybridized carbons (Fsp3) is 0.636. The Bertz CT molecular complexity index is 343. The smallest absolute Gasteiger partial charge is 0.156 e. The Hall–Kier alpha value is -0.570. The van der Waals surface area contributed by atoms with Crippen LogP contribution < -0.4 is 0 Å². The minimum atomic E-state index is -2.79. The van der Waals surface area contributed by atoms with Crippen molar-refractivity contribution in [2.45, 2.75) is 42.6 Å². The van der Waals surface area contributed by atoms with Gasteiger partial charge < -0.3 is 0 Å². The van der Waals surface area contributed by atoms with Gasteiger partial charge in [0.2, 0.25) is 0 Å². The molecule has 2 unspecified atom stereocenters. The molecular formula is C11H16O2S. The summed E-state index contributed by atoms with van der Waals surface area (Å²) >= 11 is 0. The number of fused-ring (bicyclic) bond motifs is 2. The van der Waals surface area contributed by atoms with Crippen molar-refractivity contribution >= 4 is 9.84 Å². The van der Waals surface area contributed by atoms with Crippen LogP contribution in [-0.2, 0) is 9.84 Å². The molecule has 78 valence electrons. The molecule has 14 heavy (non-hydrogen) atoms. The lowest BCUT2D eigenvalue weighted by Gasteiger charge is -2.35. The van der Waals surface area contributed by atoms with Gasteiger partial charge in [0.15, 0.2) is 9.84 Å². The molecule has 2 bridgehead atoms. The summed E-state index contributed by atoms with van der Waals surface area (Å²) in [6, 6.07) is 0. The first-order valence-electron chi connectivity index (χ1n) is 5.18. The summed E-state index contributed by atoms with van der Waals surface area (Å²) in [4.78, 5) is 0. The van der Waals surface area contributed by atoms with Crippen LogP contribution in [0.15, 0.2) is 24.3 Å². The van der Waals surface area contributed by atoms with Gasteiger partial charge in [0.25, 0.3) is 0 Å². The molecule has 0 aromatic heterocycles. The van der Waals surface area contributed by atoms with E-state index in [9.17, 15) is 8.42 Å². The molecule has 2 aliphatic heterocycles. The van der Waals surface area contributed by atoms with Crippen LogP contribution in [0.5, 0.6) is 0 Å². The molecule has 0 aromatic rings. The van der Waals surface area contributed by atoms with Crippen LogP contribution in [0.25, 0.3) is 0 Å². The third kappa shape index (κ3) is 1.54. The normalized spacial score (nSPS) is 35.0. The fourth-order valence-electron chi connectivity index (χ4n) is 2.58. The zero-order chi connectivity index (χ0) is 10.2. The van der Waals surface area contributed by atoms with Crippen molar-refractivity contribution in [1.82, 2.24) is 0 Å². The zero-order valence-corrected chi connectivity index (χ0v) is 9.09. The van der Waals surface area contributed by atoms with E-state index in [0.29, 0.717) is 0 Å². The summed E-state index contributed by atoms with van der Waals surface area (Å²) in [5, 5.41) is -0.192. The molecule has 0 radical (unpaired) electrons. The quantitative estimate of drug-likeness (QED) is 0.668. The lowest BCUT2D eigenvalue weighted by Crippen LogP contribution is -2.40. The maximum atomic E-state index is 11.9. The predicted octanol–water partition coefficient (Wildman–Crippen LogP) is 2.23. The van der Waals surface area contributed by atoms with E-state index in [1.54, 1.807) is 6.08 Å². The highest BCUT2D eigenvalue weighted by Gasteiger charge is 2.41. The van der Waals surface area contributed by atoms with Crippen molar-refractivity contribution in [3.8, 4) is 0 Å². The van der Waals surface area contributed by atoms with Gasteiger partial charge in [0.05, 0.1) is 10.5 Å². The van der Waals surface area contributed by atoms with Crippen LogP contribution >= 0.6 is 0 Å². The lowest BCUT2D eigenvalue weighted by molar-refractivity contribution is 0.473. The highest BCUT2D eigenvalue weighted by Crippen LogP contribution is 2.38. The maximum absolute atomic E-state index is 11.9. The van der Waals surface area contributed by atoms with Crippen molar-refractivity contribution in [1.29, 1.82) is 0 Å². The molecule has 2 atom stereocenters. The number of sulfone groups is 1. The molecule has 0 amide bonds. The maximum Gasteiger partial charge on any atom is 0.156 e. The van der Waals surface area contributed by atoms with E-state index in [0.717, 1.165) is 32.1 Å². The molecule has 2 heterocycles. The molecule has 0 N–H and O–H groups in total. The van der Waals surface area contributed by atoms with Gasteiger partial charge in [-0.05, 0) is 25.7 Å². The Kier molecular flexibility index (Phi) is 2.52. The second-order valence-electron chi connectivity index (χ2n) is 4.23. The van der Waals surface area contributed by atoms with Crippen molar-refractivity contribution in [2.75, 3.05) is 0 Å². The Morgan fingerprint density at radius 1 is 1.21 bits per heavy atom. The van der Waals surface area contributed by atoms with E-state index in [4.69, 9.17) is 0 Å². The summed E-state index contributed by atoms with van der Waals surface area (Å²) in [5.74, 6) is 0. The minimum Gasteiger partial charge on any atom is -0.228 e. The van der Waals surface area contributed by atoms with Crippen LogP contribution in [0.4, 0.5) is 0 Å². The van der Waals surface area contributed by atoms with Gasteiger partial charge in [-0.3, -0.25) is 0 Å². The van der Waals surface area contributed by atoms with Crippen LogP contribution in [0.1, 0.15) is 32.1 Å². The molecule has 2 nitrogen and oxygen atoms in total. The average molecular weight is 212 g/mol. The Morgan fingerprint density at radius 2 is 1.79 bits per heavy atom. The van der Waals surface area contributed by atoms with Crippen LogP contribution in [0, 0.1) is 0 Å². The SMILES string of the molecule is C=CC=C1CC2CCCC(C1)S2(=O)=O. The fourth-order valence-corrected chi connectivity index (χ4v) is 5.01. The van der Waals surface area contributed by atoms with Gasteiger partial charge in [0.1, 0.15) is 0 Å². The van der Waals surface area contributed by atoms with E-state index in [1.165, 1.54) is 5.57 Å². The van der Waals surface area contributed by atoms with E-state index in [-0.39, 0.29) is 10.5 Å². The molecule has 2 rings (SSSR count). The Balaban J connectivity index is 2.29. The summed E-state index contributed by atoms with van der Waals surface area (Å²) < 4.78 is 23.8. The van der Waals surface area contributed by atoms with Gasteiger partial charge in [-0.1, -0.05) is 30.7 Å². The molecule has 0 saturated carbocycles.